The van der Waals surface area contributed by atoms with Crippen LogP contribution in [0.4, 0.5) is 13.2 Å². The van der Waals surface area contributed by atoms with E-state index in [0.29, 0.717) is 6.07 Å². The van der Waals surface area contributed by atoms with E-state index in [0.717, 1.165) is 6.26 Å². The zero-order valence-corrected chi connectivity index (χ0v) is 12.5. The van der Waals surface area contributed by atoms with E-state index in [-0.39, 0.29) is 13.2 Å². The monoisotopic (exact) mass is 336 g/mol. The Hall–Kier alpha value is -2.02. The number of ether oxygens (including phenoxy) is 2. The summed E-state index contributed by atoms with van der Waals surface area (Å²) in [4.78, 5) is 23.9. The zero-order chi connectivity index (χ0) is 16.9. The normalized spacial score (nSPS) is 11.3. The predicted octanol–water partition coefficient (Wildman–Crippen LogP) is 3.42. The summed E-state index contributed by atoms with van der Waals surface area (Å²) in [5.41, 5.74) is -1.56. The number of hydrogen-bond acceptors (Lipinski definition) is 4. The van der Waals surface area contributed by atoms with Crippen molar-refractivity contribution in [1.29, 1.82) is 0 Å². The van der Waals surface area contributed by atoms with Gasteiger partial charge in [0.25, 0.3) is 0 Å². The molecule has 0 aromatic heterocycles. The number of halogens is 4. The molecule has 0 radical (unpaired) electrons. The largest absolute Gasteiger partial charge is 0.500 e. The summed E-state index contributed by atoms with van der Waals surface area (Å²) in [6.45, 7) is 3.16. The Morgan fingerprint density at radius 3 is 2.32 bits per heavy atom. The van der Waals surface area contributed by atoms with Crippen molar-refractivity contribution in [3.05, 3.63) is 45.9 Å². The highest BCUT2D eigenvalue weighted by atomic mass is 35.5. The quantitative estimate of drug-likeness (QED) is 0.117. The number of carbonyl (C=O) groups excluding carboxylic acids is 2. The highest BCUT2D eigenvalue weighted by Crippen LogP contribution is 2.25. The van der Waals surface area contributed by atoms with Crippen LogP contribution in [0.5, 0.6) is 0 Å². The van der Waals surface area contributed by atoms with Crippen LogP contribution in [0.25, 0.3) is 0 Å². The fraction of sp³-hybridized carbons (Fsp3) is 0.286. The van der Waals surface area contributed by atoms with Gasteiger partial charge in [-0.3, -0.25) is 4.79 Å². The van der Waals surface area contributed by atoms with E-state index in [2.05, 4.69) is 4.74 Å². The van der Waals surface area contributed by atoms with Gasteiger partial charge in [0.15, 0.2) is 17.5 Å². The van der Waals surface area contributed by atoms with Gasteiger partial charge < -0.3 is 9.47 Å². The molecule has 0 aliphatic rings. The maximum atomic E-state index is 13.7. The van der Waals surface area contributed by atoms with Crippen LogP contribution in [-0.2, 0) is 14.3 Å². The van der Waals surface area contributed by atoms with Gasteiger partial charge in [0.2, 0.25) is 5.78 Å². The van der Waals surface area contributed by atoms with Crippen molar-refractivity contribution in [2.24, 2.45) is 0 Å². The van der Waals surface area contributed by atoms with E-state index < -0.39 is 45.4 Å². The number of esters is 1. The van der Waals surface area contributed by atoms with E-state index in [1.54, 1.807) is 6.92 Å². The lowest BCUT2D eigenvalue weighted by molar-refractivity contribution is -0.138. The molecule has 0 saturated heterocycles. The van der Waals surface area contributed by atoms with Crippen molar-refractivity contribution >= 4 is 23.4 Å². The minimum absolute atomic E-state index is 0.0450. The predicted molar refractivity (Wildman–Crippen MR) is 72.0 cm³/mol. The van der Waals surface area contributed by atoms with Crippen LogP contribution in [0, 0.1) is 17.5 Å². The highest BCUT2D eigenvalue weighted by molar-refractivity contribution is 6.32. The Labute approximate surface area is 129 Å². The molecule has 4 nitrogen and oxygen atoms in total. The van der Waals surface area contributed by atoms with Crippen LogP contribution in [0.1, 0.15) is 24.2 Å². The molecule has 0 heterocycles. The molecule has 1 aromatic rings. The lowest BCUT2D eigenvalue weighted by Gasteiger charge is -2.09. The maximum Gasteiger partial charge on any atom is 0.345 e. The van der Waals surface area contributed by atoms with Crippen LogP contribution in [0.3, 0.4) is 0 Å². The summed E-state index contributed by atoms with van der Waals surface area (Å²) < 4.78 is 49.6. The Morgan fingerprint density at radius 2 is 1.77 bits per heavy atom. The summed E-state index contributed by atoms with van der Waals surface area (Å²) in [5, 5.41) is -0.790. The Balaban J connectivity index is 3.34. The smallest absolute Gasteiger partial charge is 0.345 e. The van der Waals surface area contributed by atoms with Gasteiger partial charge >= 0.3 is 5.97 Å². The molecule has 0 spiro atoms. The molecule has 0 N–H and O–H groups in total. The van der Waals surface area contributed by atoms with Gasteiger partial charge in [-0.05, 0) is 19.9 Å². The highest BCUT2D eigenvalue weighted by Gasteiger charge is 2.28. The van der Waals surface area contributed by atoms with Crippen LogP contribution >= 0.6 is 11.6 Å². The van der Waals surface area contributed by atoms with Crippen molar-refractivity contribution in [3.8, 4) is 0 Å². The zero-order valence-electron chi connectivity index (χ0n) is 11.7. The number of ketones is 1. The molecule has 0 aliphatic heterocycles. The van der Waals surface area contributed by atoms with Gasteiger partial charge in [-0.25, -0.2) is 18.0 Å². The standard InChI is InChI=1S/C14H12ClF3O4/c1-3-21-6-8(14(20)22-4-2)13(19)7-5-9(15)11(17)12(18)10(7)16/h5-6H,3-4H2,1-2H3/b8-6-. The molecule has 0 fully saturated rings. The molecular weight excluding hydrogens is 325 g/mol. The number of carbonyl (C=O) groups is 2. The van der Waals surface area contributed by atoms with E-state index in [1.165, 1.54) is 6.92 Å². The summed E-state index contributed by atoms with van der Waals surface area (Å²) >= 11 is 5.38. The first-order valence-electron chi connectivity index (χ1n) is 6.21. The molecule has 1 aromatic carbocycles. The van der Waals surface area contributed by atoms with Crippen molar-refractivity contribution < 1.29 is 32.2 Å². The Kier molecular flexibility index (Phi) is 6.42. The maximum absolute atomic E-state index is 13.7. The molecular formula is C14H12ClF3O4. The number of hydrogen-bond donors (Lipinski definition) is 0. The fourth-order valence-corrected chi connectivity index (χ4v) is 1.65. The van der Waals surface area contributed by atoms with Gasteiger partial charge in [-0.2, -0.15) is 0 Å². The van der Waals surface area contributed by atoms with Crippen LogP contribution in [0.15, 0.2) is 17.9 Å². The first-order chi connectivity index (χ1) is 10.3. The molecule has 120 valence electrons. The lowest BCUT2D eigenvalue weighted by atomic mass is 10.0. The lowest BCUT2D eigenvalue weighted by Crippen LogP contribution is -2.18. The second-order valence-electron chi connectivity index (χ2n) is 3.88. The number of benzene rings is 1. The van der Waals surface area contributed by atoms with E-state index in [1.807, 2.05) is 0 Å². The van der Waals surface area contributed by atoms with Crippen molar-refractivity contribution in [2.75, 3.05) is 13.2 Å². The molecule has 1 rings (SSSR count). The van der Waals surface area contributed by atoms with Gasteiger partial charge in [-0.1, -0.05) is 11.6 Å². The van der Waals surface area contributed by atoms with Gasteiger partial charge in [0.1, 0.15) is 11.8 Å². The molecule has 22 heavy (non-hydrogen) atoms. The topological polar surface area (TPSA) is 52.6 Å². The van der Waals surface area contributed by atoms with Crippen molar-refractivity contribution in [1.82, 2.24) is 0 Å². The van der Waals surface area contributed by atoms with Crippen LogP contribution < -0.4 is 0 Å². The molecule has 0 unspecified atom stereocenters. The fourth-order valence-electron chi connectivity index (χ4n) is 1.45. The van der Waals surface area contributed by atoms with Crippen molar-refractivity contribution in [2.45, 2.75) is 13.8 Å². The average Bonchev–Trinajstić information content (AvgIpc) is 2.49. The second-order valence-corrected chi connectivity index (χ2v) is 4.29. The summed E-state index contributed by atoms with van der Waals surface area (Å²) in [6.07, 6.45) is 0.773. The van der Waals surface area contributed by atoms with E-state index in [9.17, 15) is 22.8 Å². The third-order valence-corrected chi connectivity index (χ3v) is 2.73. The SMILES string of the molecule is CCO/C=C(\C(=O)OCC)C(=O)c1cc(Cl)c(F)c(F)c1F. The molecule has 0 atom stereocenters. The van der Waals surface area contributed by atoms with E-state index >= 15 is 0 Å². The second kappa shape index (κ2) is 7.84. The van der Waals surface area contributed by atoms with E-state index in [4.69, 9.17) is 16.3 Å². The molecule has 8 heteroatoms. The van der Waals surface area contributed by atoms with Crippen LogP contribution in [0.2, 0.25) is 5.02 Å². The van der Waals surface area contributed by atoms with Gasteiger partial charge in [0.05, 0.1) is 23.8 Å². The molecule has 0 bridgehead atoms. The summed E-state index contributed by atoms with van der Waals surface area (Å²) in [7, 11) is 0. The minimum Gasteiger partial charge on any atom is -0.500 e. The van der Waals surface area contributed by atoms with Crippen molar-refractivity contribution in [3.63, 3.8) is 0 Å². The van der Waals surface area contributed by atoms with Gasteiger partial charge in [0, 0.05) is 0 Å². The molecule has 0 aliphatic carbocycles. The minimum atomic E-state index is -1.91. The van der Waals surface area contributed by atoms with Gasteiger partial charge in [-0.15, -0.1) is 0 Å². The summed E-state index contributed by atoms with van der Waals surface area (Å²) in [6, 6.07) is 0.594. The van der Waals surface area contributed by atoms with Crippen LogP contribution in [-0.4, -0.2) is 25.0 Å². The Morgan fingerprint density at radius 1 is 1.14 bits per heavy atom. The average molecular weight is 337 g/mol. The third-order valence-electron chi connectivity index (χ3n) is 2.46. The molecule has 0 saturated carbocycles. The third kappa shape index (κ3) is 3.79. The first kappa shape index (κ1) is 18.0. The summed E-state index contributed by atoms with van der Waals surface area (Å²) in [5.74, 6) is -7.59. The molecule has 0 amide bonds. The number of Topliss-reactive ketones (excluding diaryl/α,β-unsaturated/α-hetero) is 1. The number of rotatable bonds is 6. The Bertz CT molecular complexity index is 629. The first-order valence-corrected chi connectivity index (χ1v) is 6.59.